The van der Waals surface area contributed by atoms with Gasteiger partial charge in [0.2, 0.25) is 11.8 Å². The van der Waals surface area contributed by atoms with Crippen LogP contribution in [-0.2, 0) is 14.6 Å². The molecular formula is C24H27ClN2O4S. The van der Waals surface area contributed by atoms with Gasteiger partial charge in [0, 0.05) is 25.1 Å². The van der Waals surface area contributed by atoms with Crippen LogP contribution in [0.15, 0.2) is 47.4 Å². The SMILES string of the molecule is CCC(=O)N1CC[C@H](/C=C(\c2ccc(S(=O)(=O)C3CC3)cc2)c2ccc(Cl)c(OC)n2)C1. The molecule has 32 heavy (non-hydrogen) atoms. The number of hydrogen-bond donors (Lipinski definition) is 0. The molecule has 8 heteroatoms. The molecule has 0 N–H and O–H groups in total. The molecule has 0 spiro atoms. The van der Waals surface area contributed by atoms with E-state index in [0.29, 0.717) is 34.5 Å². The van der Waals surface area contributed by atoms with Gasteiger partial charge in [-0.1, -0.05) is 36.7 Å². The lowest BCUT2D eigenvalue weighted by Gasteiger charge is -2.16. The van der Waals surface area contributed by atoms with Gasteiger partial charge in [-0.15, -0.1) is 0 Å². The van der Waals surface area contributed by atoms with E-state index in [9.17, 15) is 13.2 Å². The summed E-state index contributed by atoms with van der Waals surface area (Å²) in [4.78, 5) is 18.9. The van der Waals surface area contributed by atoms with Crippen molar-refractivity contribution in [1.29, 1.82) is 0 Å². The van der Waals surface area contributed by atoms with Crippen molar-refractivity contribution in [3.63, 3.8) is 0 Å². The van der Waals surface area contributed by atoms with Gasteiger partial charge in [0.25, 0.3) is 0 Å². The minimum atomic E-state index is -3.25. The van der Waals surface area contributed by atoms with Gasteiger partial charge in [0.1, 0.15) is 5.02 Å². The van der Waals surface area contributed by atoms with E-state index < -0.39 is 9.84 Å². The van der Waals surface area contributed by atoms with Crippen molar-refractivity contribution in [3.05, 3.63) is 58.8 Å². The van der Waals surface area contributed by atoms with Gasteiger partial charge < -0.3 is 9.64 Å². The predicted molar refractivity (Wildman–Crippen MR) is 125 cm³/mol. The second-order valence-electron chi connectivity index (χ2n) is 8.28. The standard InChI is InChI=1S/C24H27ClN2O4S/c1-3-23(28)27-13-12-16(15-27)14-20(22-11-10-21(25)24(26-22)31-2)17-4-6-18(7-5-17)32(29,30)19-8-9-19/h4-7,10-11,14,16,19H,3,8-9,12-13,15H2,1-2H3/b20-14+/t16-/m1/s1. The summed E-state index contributed by atoms with van der Waals surface area (Å²) in [7, 11) is -1.73. The summed E-state index contributed by atoms with van der Waals surface area (Å²) in [6.45, 7) is 3.27. The second kappa shape index (κ2) is 9.24. The summed E-state index contributed by atoms with van der Waals surface area (Å²) >= 11 is 6.18. The van der Waals surface area contributed by atoms with Crippen molar-refractivity contribution in [3.8, 4) is 5.88 Å². The van der Waals surface area contributed by atoms with Crippen molar-refractivity contribution in [2.45, 2.75) is 42.8 Å². The van der Waals surface area contributed by atoms with Crippen molar-refractivity contribution in [2.24, 2.45) is 5.92 Å². The van der Waals surface area contributed by atoms with Crippen molar-refractivity contribution >= 4 is 32.9 Å². The first-order valence-electron chi connectivity index (χ1n) is 10.9. The maximum Gasteiger partial charge on any atom is 0.232 e. The average Bonchev–Trinajstić information content (AvgIpc) is 3.57. The van der Waals surface area contributed by atoms with Crippen LogP contribution in [0.1, 0.15) is 43.9 Å². The number of nitrogens with zero attached hydrogens (tertiary/aromatic N) is 2. The Bertz CT molecular complexity index is 1140. The number of hydrogen-bond acceptors (Lipinski definition) is 5. The van der Waals surface area contributed by atoms with Gasteiger partial charge in [-0.25, -0.2) is 13.4 Å². The van der Waals surface area contributed by atoms with Crippen LogP contribution in [0.2, 0.25) is 5.02 Å². The molecular weight excluding hydrogens is 448 g/mol. The molecule has 0 radical (unpaired) electrons. The fraction of sp³-hybridized carbons (Fsp3) is 0.417. The Balaban J connectivity index is 1.70. The molecule has 1 amide bonds. The molecule has 4 rings (SSSR count). The van der Waals surface area contributed by atoms with Crippen molar-refractivity contribution in [2.75, 3.05) is 20.2 Å². The Hall–Kier alpha value is -2.38. The molecule has 1 saturated carbocycles. The lowest BCUT2D eigenvalue weighted by Crippen LogP contribution is -2.27. The van der Waals surface area contributed by atoms with Gasteiger partial charge in [0.05, 0.1) is 22.9 Å². The van der Waals surface area contributed by atoms with E-state index in [-0.39, 0.29) is 17.1 Å². The monoisotopic (exact) mass is 474 g/mol. The molecule has 170 valence electrons. The van der Waals surface area contributed by atoms with E-state index in [2.05, 4.69) is 11.1 Å². The molecule has 0 bridgehead atoms. The summed E-state index contributed by atoms with van der Waals surface area (Å²) in [5.41, 5.74) is 2.41. The second-order valence-corrected chi connectivity index (χ2v) is 10.9. The fourth-order valence-corrected chi connectivity index (χ4v) is 5.89. The number of halogens is 1. The number of aromatic nitrogens is 1. The van der Waals surface area contributed by atoms with Crippen LogP contribution in [-0.4, -0.2) is 49.7 Å². The Morgan fingerprint density at radius 2 is 1.91 bits per heavy atom. The van der Waals surface area contributed by atoms with Gasteiger partial charge in [-0.05, 0) is 55.0 Å². The average molecular weight is 475 g/mol. The molecule has 2 fully saturated rings. The topological polar surface area (TPSA) is 76.6 Å². The maximum atomic E-state index is 12.6. The summed E-state index contributed by atoms with van der Waals surface area (Å²) in [5, 5.41) is 0.174. The molecule has 2 aliphatic rings. The Morgan fingerprint density at radius 3 is 2.53 bits per heavy atom. The molecule has 0 unspecified atom stereocenters. The highest BCUT2D eigenvalue weighted by Gasteiger charge is 2.36. The van der Waals surface area contributed by atoms with Gasteiger partial charge >= 0.3 is 0 Å². The van der Waals surface area contributed by atoms with Gasteiger partial charge in [0.15, 0.2) is 9.84 Å². The van der Waals surface area contributed by atoms with Crippen molar-refractivity contribution < 1.29 is 17.9 Å². The first-order valence-corrected chi connectivity index (χ1v) is 12.8. The largest absolute Gasteiger partial charge is 0.480 e. The van der Waals surface area contributed by atoms with Crippen molar-refractivity contribution in [1.82, 2.24) is 9.88 Å². The normalized spacial score (nSPS) is 19.3. The minimum absolute atomic E-state index is 0.156. The summed E-state index contributed by atoms with van der Waals surface area (Å²) in [5.74, 6) is 0.666. The number of methoxy groups -OCH3 is 1. The molecule has 6 nitrogen and oxygen atoms in total. The third-order valence-corrected chi connectivity index (χ3v) is 8.59. The van der Waals surface area contributed by atoms with Crippen LogP contribution in [0.3, 0.4) is 0 Å². The van der Waals surface area contributed by atoms with E-state index in [1.807, 2.05) is 30.0 Å². The van der Waals surface area contributed by atoms with Gasteiger partial charge in [-0.3, -0.25) is 4.79 Å². The first-order chi connectivity index (χ1) is 15.3. The Kier molecular flexibility index (Phi) is 6.58. The smallest absolute Gasteiger partial charge is 0.232 e. The Labute approximate surface area is 194 Å². The quantitative estimate of drug-likeness (QED) is 0.595. The highest BCUT2D eigenvalue weighted by Crippen LogP contribution is 2.35. The number of carbonyl (C=O) groups is 1. The van der Waals surface area contributed by atoms with Crippen LogP contribution < -0.4 is 4.74 Å². The summed E-state index contributed by atoms with van der Waals surface area (Å²) < 4.78 is 30.5. The maximum absolute atomic E-state index is 12.6. The number of likely N-dealkylation sites (tertiary alicyclic amines) is 1. The molecule has 1 aliphatic heterocycles. The van der Waals surface area contributed by atoms with Crippen LogP contribution in [0.25, 0.3) is 5.57 Å². The highest BCUT2D eigenvalue weighted by atomic mass is 35.5. The number of rotatable bonds is 7. The number of amides is 1. The van der Waals surface area contributed by atoms with Gasteiger partial charge in [-0.2, -0.15) is 0 Å². The van der Waals surface area contributed by atoms with E-state index in [1.165, 1.54) is 7.11 Å². The Morgan fingerprint density at radius 1 is 1.19 bits per heavy atom. The predicted octanol–water partition coefficient (Wildman–Crippen LogP) is 4.37. The highest BCUT2D eigenvalue weighted by molar-refractivity contribution is 7.92. The molecule has 1 aromatic carbocycles. The minimum Gasteiger partial charge on any atom is -0.480 e. The third kappa shape index (κ3) is 4.69. The number of pyridine rings is 1. The number of carbonyl (C=O) groups excluding carboxylic acids is 1. The summed E-state index contributed by atoms with van der Waals surface area (Å²) in [6.07, 6.45) is 4.96. The molecule has 1 aliphatic carbocycles. The van der Waals surface area contributed by atoms with Crippen LogP contribution in [0, 0.1) is 5.92 Å². The summed E-state index contributed by atoms with van der Waals surface area (Å²) in [6, 6.07) is 10.6. The van der Waals surface area contributed by atoms with E-state index >= 15 is 0 Å². The fourth-order valence-electron chi connectivity index (χ4n) is 4.05. The van der Waals surface area contributed by atoms with Crippen LogP contribution in [0.4, 0.5) is 0 Å². The van der Waals surface area contributed by atoms with Crippen LogP contribution in [0.5, 0.6) is 5.88 Å². The lowest BCUT2D eigenvalue weighted by atomic mass is 9.96. The van der Waals surface area contributed by atoms with E-state index in [1.54, 1.807) is 18.2 Å². The zero-order valence-electron chi connectivity index (χ0n) is 18.3. The molecule has 2 aromatic rings. The number of sulfone groups is 1. The number of benzene rings is 1. The first kappa shape index (κ1) is 22.8. The van der Waals surface area contributed by atoms with E-state index in [0.717, 1.165) is 36.9 Å². The van der Waals surface area contributed by atoms with E-state index in [4.69, 9.17) is 16.3 Å². The van der Waals surface area contributed by atoms with Crippen LogP contribution >= 0.6 is 11.6 Å². The number of ether oxygens (including phenoxy) is 1. The molecule has 1 atom stereocenters. The third-order valence-electron chi connectivity index (χ3n) is 6.02. The molecule has 1 aromatic heterocycles. The lowest BCUT2D eigenvalue weighted by molar-refractivity contribution is -0.129. The molecule has 1 saturated heterocycles. The zero-order chi connectivity index (χ0) is 22.9. The molecule has 2 heterocycles. The zero-order valence-corrected chi connectivity index (χ0v) is 19.8.